The van der Waals surface area contributed by atoms with Gasteiger partial charge in [0.1, 0.15) is 11.5 Å². The van der Waals surface area contributed by atoms with Gasteiger partial charge < -0.3 is 10.1 Å². The number of hydrogen-bond donors (Lipinski definition) is 1. The number of nitriles is 1. The SMILES string of the molecule is Cn1ccc(NC(=O)c2cccc(Oc3ccc(C#N)cc3Cl)c2)n1. The Morgan fingerprint density at radius 1 is 1.28 bits per heavy atom. The zero-order chi connectivity index (χ0) is 17.8. The summed E-state index contributed by atoms with van der Waals surface area (Å²) in [6.45, 7) is 0. The van der Waals surface area contributed by atoms with Crippen molar-refractivity contribution in [3.63, 3.8) is 0 Å². The monoisotopic (exact) mass is 352 g/mol. The second-order valence-corrected chi connectivity index (χ2v) is 5.62. The number of carbonyl (C=O) groups excluding carboxylic acids is 1. The number of ether oxygens (including phenoxy) is 1. The summed E-state index contributed by atoms with van der Waals surface area (Å²) in [4.78, 5) is 12.3. The zero-order valence-electron chi connectivity index (χ0n) is 13.2. The second kappa shape index (κ2) is 7.07. The van der Waals surface area contributed by atoms with E-state index >= 15 is 0 Å². The minimum absolute atomic E-state index is 0.296. The summed E-state index contributed by atoms with van der Waals surface area (Å²) in [6, 6.07) is 15.2. The summed E-state index contributed by atoms with van der Waals surface area (Å²) in [7, 11) is 1.77. The van der Waals surface area contributed by atoms with Gasteiger partial charge in [-0.25, -0.2) is 0 Å². The smallest absolute Gasteiger partial charge is 0.256 e. The largest absolute Gasteiger partial charge is 0.456 e. The Kier molecular flexibility index (Phi) is 4.68. The van der Waals surface area contributed by atoms with Crippen LogP contribution in [0.15, 0.2) is 54.7 Å². The van der Waals surface area contributed by atoms with Gasteiger partial charge in [0, 0.05) is 24.9 Å². The molecule has 0 aliphatic heterocycles. The van der Waals surface area contributed by atoms with Crippen LogP contribution >= 0.6 is 11.6 Å². The number of amides is 1. The Labute approximate surface area is 149 Å². The summed E-state index contributed by atoms with van der Waals surface area (Å²) in [5.41, 5.74) is 0.869. The first-order valence-corrected chi connectivity index (χ1v) is 7.71. The van der Waals surface area contributed by atoms with Gasteiger partial charge in [0.2, 0.25) is 0 Å². The van der Waals surface area contributed by atoms with E-state index in [2.05, 4.69) is 10.4 Å². The van der Waals surface area contributed by atoms with Crippen LogP contribution in [0.5, 0.6) is 11.5 Å². The molecule has 0 radical (unpaired) electrons. The van der Waals surface area contributed by atoms with Crippen molar-refractivity contribution >= 4 is 23.3 Å². The maximum absolute atomic E-state index is 12.3. The molecule has 0 fully saturated rings. The number of anilines is 1. The molecule has 124 valence electrons. The van der Waals surface area contributed by atoms with Crippen LogP contribution in [-0.2, 0) is 7.05 Å². The van der Waals surface area contributed by atoms with Crippen LogP contribution in [0.2, 0.25) is 5.02 Å². The first kappa shape index (κ1) is 16.6. The van der Waals surface area contributed by atoms with E-state index in [1.165, 1.54) is 6.07 Å². The van der Waals surface area contributed by atoms with Gasteiger partial charge in [-0.2, -0.15) is 10.4 Å². The molecule has 0 atom stereocenters. The Morgan fingerprint density at radius 3 is 2.80 bits per heavy atom. The number of rotatable bonds is 4. The van der Waals surface area contributed by atoms with Gasteiger partial charge in [-0.3, -0.25) is 9.48 Å². The van der Waals surface area contributed by atoms with Gasteiger partial charge in [-0.15, -0.1) is 0 Å². The molecule has 3 rings (SSSR count). The Bertz CT molecular complexity index is 975. The highest BCUT2D eigenvalue weighted by Gasteiger charge is 2.10. The minimum atomic E-state index is -0.296. The third kappa shape index (κ3) is 3.97. The van der Waals surface area contributed by atoms with Crippen molar-refractivity contribution in [3.05, 3.63) is 70.9 Å². The van der Waals surface area contributed by atoms with Crippen molar-refractivity contribution in [1.29, 1.82) is 5.26 Å². The molecule has 1 amide bonds. The second-order valence-electron chi connectivity index (χ2n) is 5.22. The van der Waals surface area contributed by atoms with Crippen molar-refractivity contribution < 1.29 is 9.53 Å². The lowest BCUT2D eigenvalue weighted by molar-refractivity contribution is 0.102. The quantitative estimate of drug-likeness (QED) is 0.769. The van der Waals surface area contributed by atoms with Gasteiger partial charge in [0.15, 0.2) is 5.82 Å². The maximum atomic E-state index is 12.3. The summed E-state index contributed by atoms with van der Waals surface area (Å²) in [5.74, 6) is 1.03. The van der Waals surface area contributed by atoms with Crippen molar-refractivity contribution in [1.82, 2.24) is 9.78 Å². The lowest BCUT2D eigenvalue weighted by atomic mass is 10.2. The molecular formula is C18H13ClN4O2. The predicted octanol–water partition coefficient (Wildman–Crippen LogP) is 3.99. The Balaban J connectivity index is 1.77. The summed E-state index contributed by atoms with van der Waals surface area (Å²) in [6.07, 6.45) is 1.74. The number of nitrogens with zero attached hydrogens (tertiary/aromatic N) is 3. The summed E-state index contributed by atoms with van der Waals surface area (Å²) >= 11 is 6.10. The fraction of sp³-hybridized carbons (Fsp3) is 0.0556. The number of halogens is 1. The molecule has 0 spiro atoms. The van der Waals surface area contributed by atoms with E-state index in [4.69, 9.17) is 21.6 Å². The van der Waals surface area contributed by atoms with Crippen molar-refractivity contribution in [3.8, 4) is 17.6 Å². The molecule has 7 heteroatoms. The summed E-state index contributed by atoms with van der Waals surface area (Å²) < 4.78 is 7.31. The highest BCUT2D eigenvalue weighted by Crippen LogP contribution is 2.30. The fourth-order valence-corrected chi connectivity index (χ4v) is 2.37. The van der Waals surface area contributed by atoms with Crippen LogP contribution in [0.3, 0.4) is 0 Å². The maximum Gasteiger partial charge on any atom is 0.256 e. The van der Waals surface area contributed by atoms with Crippen molar-refractivity contribution in [2.24, 2.45) is 7.05 Å². The molecule has 0 aliphatic rings. The first-order chi connectivity index (χ1) is 12.0. The number of hydrogen-bond acceptors (Lipinski definition) is 4. The zero-order valence-corrected chi connectivity index (χ0v) is 14.0. The van der Waals surface area contributed by atoms with Gasteiger partial charge >= 0.3 is 0 Å². The van der Waals surface area contributed by atoms with Crippen molar-refractivity contribution in [2.75, 3.05) is 5.32 Å². The van der Waals surface area contributed by atoms with Gasteiger partial charge in [-0.1, -0.05) is 17.7 Å². The molecule has 1 heterocycles. The Hall–Kier alpha value is -3.30. The molecule has 3 aromatic rings. The molecule has 0 bridgehead atoms. The predicted molar refractivity (Wildman–Crippen MR) is 93.8 cm³/mol. The van der Waals surface area contributed by atoms with Crippen LogP contribution < -0.4 is 10.1 Å². The van der Waals surface area contributed by atoms with Crippen LogP contribution in [0.1, 0.15) is 15.9 Å². The molecule has 1 N–H and O–H groups in total. The highest BCUT2D eigenvalue weighted by atomic mass is 35.5. The number of benzene rings is 2. The van der Waals surface area contributed by atoms with Gasteiger partial charge in [0.05, 0.1) is 16.7 Å². The highest BCUT2D eigenvalue weighted by molar-refractivity contribution is 6.32. The molecule has 1 aromatic heterocycles. The molecule has 6 nitrogen and oxygen atoms in total. The van der Waals surface area contributed by atoms with E-state index < -0.39 is 0 Å². The van der Waals surface area contributed by atoms with Crippen LogP contribution in [0.4, 0.5) is 5.82 Å². The normalized spacial score (nSPS) is 10.1. The van der Waals surface area contributed by atoms with Gasteiger partial charge in [-0.05, 0) is 36.4 Å². The van der Waals surface area contributed by atoms with Gasteiger partial charge in [0.25, 0.3) is 5.91 Å². The molecule has 0 unspecified atom stereocenters. The van der Waals surface area contributed by atoms with Crippen LogP contribution in [0.25, 0.3) is 0 Å². The van der Waals surface area contributed by atoms with E-state index in [-0.39, 0.29) is 5.91 Å². The number of aryl methyl sites for hydroxylation is 1. The number of aromatic nitrogens is 2. The average Bonchev–Trinajstić information content (AvgIpc) is 3.01. The first-order valence-electron chi connectivity index (χ1n) is 7.34. The van der Waals surface area contributed by atoms with Crippen LogP contribution in [-0.4, -0.2) is 15.7 Å². The van der Waals surface area contributed by atoms with E-state index in [9.17, 15) is 4.79 Å². The molecule has 0 saturated heterocycles. The summed E-state index contributed by atoms with van der Waals surface area (Å²) in [5, 5.41) is 16.0. The topological polar surface area (TPSA) is 79.9 Å². The molecule has 0 saturated carbocycles. The van der Waals surface area contributed by atoms with Crippen LogP contribution in [0, 0.1) is 11.3 Å². The van der Waals surface area contributed by atoms with E-state index in [1.807, 2.05) is 6.07 Å². The molecule has 25 heavy (non-hydrogen) atoms. The lowest BCUT2D eigenvalue weighted by Crippen LogP contribution is -2.12. The number of carbonyl (C=O) groups is 1. The van der Waals surface area contributed by atoms with E-state index in [0.29, 0.717) is 33.5 Å². The average molecular weight is 353 g/mol. The van der Waals surface area contributed by atoms with Crippen molar-refractivity contribution in [2.45, 2.75) is 0 Å². The third-order valence-corrected chi connectivity index (χ3v) is 3.64. The minimum Gasteiger partial charge on any atom is -0.456 e. The standard InChI is InChI=1S/C18H13ClN4O2/c1-23-8-7-17(22-23)21-18(24)13-3-2-4-14(10-13)25-16-6-5-12(11-20)9-15(16)19/h2-10H,1H3,(H,21,22,24). The molecular weight excluding hydrogens is 340 g/mol. The van der Waals surface area contributed by atoms with E-state index in [1.54, 1.807) is 60.4 Å². The molecule has 2 aromatic carbocycles. The molecule has 0 aliphatic carbocycles. The third-order valence-electron chi connectivity index (χ3n) is 3.34. The lowest BCUT2D eigenvalue weighted by Gasteiger charge is -2.09. The van der Waals surface area contributed by atoms with E-state index in [0.717, 1.165) is 0 Å². The number of nitrogens with one attached hydrogen (secondary N) is 1. The fourth-order valence-electron chi connectivity index (χ4n) is 2.15. The Morgan fingerprint density at radius 2 is 2.12 bits per heavy atom.